The fraction of sp³-hybridized carbons (Fsp3) is 0.267. The van der Waals surface area contributed by atoms with Crippen LogP contribution in [0.15, 0.2) is 30.3 Å². The predicted octanol–water partition coefficient (Wildman–Crippen LogP) is 2.54. The number of anilines is 1. The van der Waals surface area contributed by atoms with Gasteiger partial charge in [0.1, 0.15) is 5.82 Å². The molecular formula is C15H17FN2O3S2. The average molecular weight is 356 g/mol. The number of nitrogens with one attached hydrogen (secondary N) is 2. The Morgan fingerprint density at radius 2 is 2.00 bits per heavy atom. The summed E-state index contributed by atoms with van der Waals surface area (Å²) in [6, 6.07) is 7.96. The van der Waals surface area contributed by atoms with Gasteiger partial charge in [0.15, 0.2) is 0 Å². The van der Waals surface area contributed by atoms with Crippen molar-refractivity contribution in [2.75, 3.05) is 18.1 Å². The summed E-state index contributed by atoms with van der Waals surface area (Å²) in [4.78, 5) is 13.5. The van der Waals surface area contributed by atoms with Gasteiger partial charge >= 0.3 is 0 Å². The summed E-state index contributed by atoms with van der Waals surface area (Å²) in [6.07, 6.45) is 1.60. The molecule has 0 atom stereocenters. The zero-order chi connectivity index (χ0) is 17.0. The van der Waals surface area contributed by atoms with E-state index in [0.717, 1.165) is 11.1 Å². The van der Waals surface area contributed by atoms with E-state index in [1.807, 2.05) is 0 Å². The molecule has 1 heterocycles. The van der Waals surface area contributed by atoms with E-state index in [-0.39, 0.29) is 18.3 Å². The quantitative estimate of drug-likeness (QED) is 0.835. The predicted molar refractivity (Wildman–Crippen MR) is 90.0 cm³/mol. The highest BCUT2D eigenvalue weighted by Crippen LogP contribution is 2.20. The van der Waals surface area contributed by atoms with Crippen molar-refractivity contribution < 1.29 is 17.6 Å². The molecule has 23 heavy (non-hydrogen) atoms. The number of benzene rings is 1. The summed E-state index contributed by atoms with van der Waals surface area (Å²) in [5, 5.41) is 2.64. The third-order valence-electron chi connectivity index (χ3n) is 3.05. The number of thiophene rings is 1. The van der Waals surface area contributed by atoms with Crippen LogP contribution in [0.2, 0.25) is 0 Å². The van der Waals surface area contributed by atoms with Gasteiger partial charge in [-0.05, 0) is 43.2 Å². The Bertz CT molecular complexity index is 816. The van der Waals surface area contributed by atoms with Crippen molar-refractivity contribution in [2.45, 2.75) is 13.3 Å². The van der Waals surface area contributed by atoms with Gasteiger partial charge < -0.3 is 5.32 Å². The normalized spacial score (nSPS) is 11.4. The first-order chi connectivity index (χ1) is 10.7. The van der Waals surface area contributed by atoms with Crippen LogP contribution in [0.3, 0.4) is 0 Å². The van der Waals surface area contributed by atoms with Crippen molar-refractivity contribution in [1.82, 2.24) is 4.72 Å². The second kappa shape index (κ2) is 7.20. The monoisotopic (exact) mass is 356 g/mol. The van der Waals surface area contributed by atoms with Gasteiger partial charge in [-0.2, -0.15) is 0 Å². The highest BCUT2D eigenvalue weighted by molar-refractivity contribution is 7.88. The third-order valence-corrected chi connectivity index (χ3v) is 4.92. The topological polar surface area (TPSA) is 75.3 Å². The maximum atomic E-state index is 13.5. The summed E-state index contributed by atoms with van der Waals surface area (Å²) in [7, 11) is -3.21. The second-order valence-corrected chi connectivity index (χ2v) is 8.10. The van der Waals surface area contributed by atoms with Crippen molar-refractivity contribution in [1.29, 1.82) is 0 Å². The van der Waals surface area contributed by atoms with E-state index in [1.165, 1.54) is 17.4 Å². The number of halogens is 1. The van der Waals surface area contributed by atoms with Gasteiger partial charge in [0.25, 0.3) is 5.91 Å². The van der Waals surface area contributed by atoms with E-state index >= 15 is 0 Å². The second-order valence-electron chi connectivity index (χ2n) is 5.10. The molecule has 1 aromatic heterocycles. The van der Waals surface area contributed by atoms with Crippen LogP contribution in [0.4, 0.5) is 10.1 Å². The first-order valence-electron chi connectivity index (χ1n) is 6.85. The minimum Gasteiger partial charge on any atom is -0.321 e. The average Bonchev–Trinajstić information content (AvgIpc) is 2.90. The van der Waals surface area contributed by atoms with Crippen LogP contribution in [0.1, 0.15) is 20.1 Å². The van der Waals surface area contributed by atoms with Gasteiger partial charge in [-0.1, -0.05) is 6.07 Å². The molecule has 0 saturated carbocycles. The lowest BCUT2D eigenvalue weighted by molar-refractivity contribution is 0.103. The fourth-order valence-electron chi connectivity index (χ4n) is 1.86. The maximum Gasteiger partial charge on any atom is 0.265 e. The van der Waals surface area contributed by atoms with E-state index < -0.39 is 10.0 Å². The number of sulfonamides is 1. The van der Waals surface area contributed by atoms with Gasteiger partial charge in [0.2, 0.25) is 10.0 Å². The summed E-state index contributed by atoms with van der Waals surface area (Å²) < 4.78 is 37.8. The molecular weight excluding hydrogens is 339 g/mol. The SMILES string of the molecule is Cc1ccc(NC(=O)c2ccc(CCNS(C)(=O)=O)s2)cc1F. The molecule has 0 fully saturated rings. The number of hydrogen-bond acceptors (Lipinski definition) is 4. The molecule has 1 amide bonds. The summed E-state index contributed by atoms with van der Waals surface area (Å²) in [5.74, 6) is -0.693. The molecule has 0 saturated heterocycles. The van der Waals surface area contributed by atoms with Crippen molar-refractivity contribution in [3.63, 3.8) is 0 Å². The first kappa shape index (κ1) is 17.6. The molecule has 0 aliphatic rings. The number of rotatable bonds is 6. The standard InChI is InChI=1S/C15H17FN2O3S2/c1-10-3-4-11(9-13(10)16)18-15(19)14-6-5-12(22-14)7-8-17-23(2,20)21/h3-6,9,17H,7-8H2,1-2H3,(H,18,19). The van der Waals surface area contributed by atoms with Gasteiger partial charge in [0, 0.05) is 17.1 Å². The minimum atomic E-state index is -3.21. The van der Waals surface area contributed by atoms with Crippen LogP contribution in [0, 0.1) is 12.7 Å². The molecule has 0 radical (unpaired) electrons. The molecule has 8 heteroatoms. The lowest BCUT2D eigenvalue weighted by Crippen LogP contribution is -2.24. The van der Waals surface area contributed by atoms with Gasteiger partial charge in [-0.3, -0.25) is 4.79 Å². The summed E-state index contributed by atoms with van der Waals surface area (Å²) >= 11 is 1.28. The van der Waals surface area contributed by atoms with Crippen LogP contribution in [-0.4, -0.2) is 27.1 Å². The Labute approximate surface area is 138 Å². The summed E-state index contributed by atoms with van der Waals surface area (Å²) in [6.45, 7) is 1.93. The first-order valence-corrected chi connectivity index (χ1v) is 9.56. The van der Waals surface area contributed by atoms with Crippen molar-refractivity contribution in [3.05, 3.63) is 51.5 Å². The molecule has 0 spiro atoms. The summed E-state index contributed by atoms with van der Waals surface area (Å²) in [5.41, 5.74) is 0.909. The molecule has 2 N–H and O–H groups in total. The number of amides is 1. The Kier molecular flexibility index (Phi) is 5.51. The highest BCUT2D eigenvalue weighted by Gasteiger charge is 2.11. The molecule has 0 bridgehead atoms. The number of carbonyl (C=O) groups is 1. The molecule has 2 aromatic rings. The van der Waals surface area contributed by atoms with E-state index in [4.69, 9.17) is 0 Å². The third kappa shape index (κ3) is 5.42. The fourth-order valence-corrected chi connectivity index (χ4v) is 3.23. The molecule has 5 nitrogen and oxygen atoms in total. The van der Waals surface area contributed by atoms with E-state index in [9.17, 15) is 17.6 Å². The number of hydrogen-bond donors (Lipinski definition) is 2. The van der Waals surface area contributed by atoms with Gasteiger partial charge in [-0.25, -0.2) is 17.5 Å². The zero-order valence-electron chi connectivity index (χ0n) is 12.7. The van der Waals surface area contributed by atoms with Crippen molar-refractivity contribution in [3.8, 4) is 0 Å². The number of aryl methyl sites for hydroxylation is 1. The van der Waals surface area contributed by atoms with Crippen molar-refractivity contribution in [2.24, 2.45) is 0 Å². The molecule has 0 unspecified atom stereocenters. The zero-order valence-corrected chi connectivity index (χ0v) is 14.4. The lowest BCUT2D eigenvalue weighted by Gasteiger charge is -2.05. The van der Waals surface area contributed by atoms with Crippen LogP contribution in [0.5, 0.6) is 0 Å². The smallest absolute Gasteiger partial charge is 0.265 e. The van der Waals surface area contributed by atoms with Crippen LogP contribution in [0.25, 0.3) is 0 Å². The van der Waals surface area contributed by atoms with Gasteiger partial charge in [-0.15, -0.1) is 11.3 Å². The Balaban J connectivity index is 1.96. The largest absolute Gasteiger partial charge is 0.321 e. The van der Waals surface area contributed by atoms with E-state index in [2.05, 4.69) is 10.0 Å². The Hall–Kier alpha value is -1.77. The van der Waals surface area contributed by atoms with Gasteiger partial charge in [0.05, 0.1) is 11.1 Å². The highest BCUT2D eigenvalue weighted by atomic mass is 32.2. The maximum absolute atomic E-state index is 13.5. The van der Waals surface area contributed by atoms with Crippen LogP contribution < -0.4 is 10.0 Å². The Morgan fingerprint density at radius 1 is 1.26 bits per heavy atom. The molecule has 0 aliphatic carbocycles. The van der Waals surface area contributed by atoms with E-state index in [1.54, 1.807) is 31.2 Å². The van der Waals surface area contributed by atoms with Crippen LogP contribution >= 0.6 is 11.3 Å². The molecule has 1 aromatic carbocycles. The lowest BCUT2D eigenvalue weighted by atomic mass is 10.2. The van der Waals surface area contributed by atoms with Crippen LogP contribution in [-0.2, 0) is 16.4 Å². The Morgan fingerprint density at radius 3 is 2.65 bits per heavy atom. The number of carbonyl (C=O) groups excluding carboxylic acids is 1. The molecule has 0 aliphatic heterocycles. The molecule has 2 rings (SSSR count). The minimum absolute atomic E-state index is 0.281. The van der Waals surface area contributed by atoms with E-state index in [0.29, 0.717) is 22.5 Å². The van der Waals surface area contributed by atoms with Crippen molar-refractivity contribution >= 4 is 33.0 Å². The molecule has 124 valence electrons.